The third-order valence-corrected chi connectivity index (χ3v) is 6.07. The zero-order chi connectivity index (χ0) is 14.5. The van der Waals surface area contributed by atoms with Crippen molar-refractivity contribution in [3.8, 4) is 21.0 Å². The summed E-state index contributed by atoms with van der Waals surface area (Å²) in [4.78, 5) is 5.57. The quantitative estimate of drug-likeness (QED) is 0.431. The molecule has 0 N–H and O–H groups in total. The van der Waals surface area contributed by atoms with Crippen LogP contribution in [0.5, 0.6) is 0 Å². The molecule has 0 saturated heterocycles. The van der Waals surface area contributed by atoms with Crippen molar-refractivity contribution in [3.63, 3.8) is 0 Å². The fraction of sp³-hybridized carbons (Fsp3) is 0. The highest BCUT2D eigenvalue weighted by atomic mass is 32.1. The Labute approximate surface area is 140 Å². The monoisotopic (exact) mass is 359 g/mol. The molecule has 0 spiro atoms. The van der Waals surface area contributed by atoms with Crippen LogP contribution in [0.1, 0.15) is 0 Å². The number of hydrogen-bond acceptors (Lipinski definition) is 8. The molecule has 1 aromatic carbocycles. The Hall–Kier alpha value is -1.81. The number of thiazole rings is 1. The second kappa shape index (κ2) is 4.85. The van der Waals surface area contributed by atoms with Gasteiger partial charge in [-0.3, -0.25) is 0 Å². The summed E-state index contributed by atoms with van der Waals surface area (Å²) in [6.45, 7) is 0. The lowest BCUT2D eigenvalue weighted by atomic mass is 10.0. The molecule has 1 aliphatic rings. The summed E-state index contributed by atoms with van der Waals surface area (Å²) in [5, 5.41) is 4.93. The van der Waals surface area contributed by atoms with Crippen LogP contribution in [0.2, 0.25) is 0 Å². The van der Waals surface area contributed by atoms with Crippen molar-refractivity contribution >= 4 is 68.2 Å². The number of fused-ring (bicyclic) bond motifs is 2. The maximum Gasteiger partial charge on any atom is 0.127 e. The standard InChI is InChI=1S/C13H5N5S4/c1-2-6(19-4-1)7-9-11(17-21-15-9)8(13-14-3-5-20-13)12-10(7)16-22-18-12/h1-5H. The van der Waals surface area contributed by atoms with Crippen molar-refractivity contribution in [2.75, 3.05) is 0 Å². The number of aromatic nitrogens is 3. The zero-order valence-corrected chi connectivity index (χ0v) is 14.0. The van der Waals surface area contributed by atoms with E-state index in [4.69, 9.17) is 0 Å². The molecule has 0 amide bonds. The molecule has 0 saturated carbocycles. The van der Waals surface area contributed by atoms with Gasteiger partial charge in [0.25, 0.3) is 0 Å². The molecule has 3 aromatic heterocycles. The van der Waals surface area contributed by atoms with Gasteiger partial charge in [0.1, 0.15) is 27.4 Å². The van der Waals surface area contributed by atoms with E-state index in [1.165, 1.54) is 23.1 Å². The first-order chi connectivity index (χ1) is 10.9. The summed E-state index contributed by atoms with van der Waals surface area (Å²) in [6, 6.07) is 4.12. The number of nitrogens with zero attached hydrogens (tertiary/aromatic N) is 5. The summed E-state index contributed by atoms with van der Waals surface area (Å²) in [6.07, 6.45) is 1.80. The van der Waals surface area contributed by atoms with Crippen molar-refractivity contribution in [3.05, 3.63) is 29.1 Å². The highest BCUT2D eigenvalue weighted by molar-refractivity contribution is 7.58. The lowest BCUT2D eigenvalue weighted by Crippen LogP contribution is -1.86. The Morgan fingerprint density at radius 2 is 1.68 bits per heavy atom. The molecule has 4 heterocycles. The highest BCUT2D eigenvalue weighted by Gasteiger charge is 2.27. The molecule has 0 atom stereocenters. The van der Waals surface area contributed by atoms with Gasteiger partial charge in [0.15, 0.2) is 0 Å². The minimum absolute atomic E-state index is 0.864. The Morgan fingerprint density at radius 3 is 2.41 bits per heavy atom. The maximum atomic E-state index is 4.53. The molecule has 0 fully saturated rings. The maximum absolute atomic E-state index is 4.53. The van der Waals surface area contributed by atoms with Gasteiger partial charge in [-0.1, -0.05) is 6.07 Å². The van der Waals surface area contributed by atoms with Gasteiger partial charge in [-0.25, -0.2) is 4.98 Å². The fourth-order valence-corrected chi connectivity index (χ4v) is 5.04. The molecule has 9 heteroatoms. The third-order valence-electron chi connectivity index (χ3n) is 3.34. The average molecular weight is 359 g/mol. The SMILES string of the molecule is c1csc(-c2c3c(c(-c4nccs4)c4nsnc24)N=S=N3)c1. The molecule has 22 heavy (non-hydrogen) atoms. The molecule has 5 rings (SSSR count). The van der Waals surface area contributed by atoms with Gasteiger partial charge in [-0.05, 0) is 11.4 Å². The van der Waals surface area contributed by atoms with E-state index in [1.807, 2.05) is 11.4 Å². The van der Waals surface area contributed by atoms with E-state index in [0.717, 1.165) is 43.4 Å². The van der Waals surface area contributed by atoms with Crippen LogP contribution >= 0.6 is 34.4 Å². The predicted molar refractivity (Wildman–Crippen MR) is 93.4 cm³/mol. The predicted octanol–water partition coefficient (Wildman–Crippen LogP) is 5.27. The van der Waals surface area contributed by atoms with E-state index >= 15 is 0 Å². The minimum atomic E-state index is 0.864. The summed E-state index contributed by atoms with van der Waals surface area (Å²) in [5.41, 5.74) is 5.48. The summed E-state index contributed by atoms with van der Waals surface area (Å²) < 4.78 is 18.1. The lowest BCUT2D eigenvalue weighted by molar-refractivity contribution is 1.41. The highest BCUT2D eigenvalue weighted by Crippen LogP contribution is 2.52. The molecular weight excluding hydrogens is 354 g/mol. The lowest BCUT2D eigenvalue weighted by Gasteiger charge is -2.08. The van der Waals surface area contributed by atoms with Gasteiger partial charge >= 0.3 is 0 Å². The van der Waals surface area contributed by atoms with E-state index in [0.29, 0.717) is 0 Å². The average Bonchev–Trinajstić information content (AvgIpc) is 3.29. The first-order valence-corrected chi connectivity index (χ1v) is 9.49. The molecular formula is C13H5N5S4. The normalized spacial score (nSPS) is 12.7. The Kier molecular flexibility index (Phi) is 2.80. The van der Waals surface area contributed by atoms with E-state index in [1.54, 1.807) is 28.9 Å². The first kappa shape index (κ1) is 12.7. The first-order valence-electron chi connectivity index (χ1n) is 6.27. The van der Waals surface area contributed by atoms with Gasteiger partial charge in [-0.2, -0.15) is 17.5 Å². The van der Waals surface area contributed by atoms with Crippen LogP contribution in [-0.4, -0.2) is 13.7 Å². The molecule has 4 aromatic rings. The summed E-state index contributed by atoms with van der Waals surface area (Å²) in [7, 11) is 0. The van der Waals surface area contributed by atoms with E-state index in [-0.39, 0.29) is 0 Å². The smallest absolute Gasteiger partial charge is 0.127 e. The van der Waals surface area contributed by atoms with E-state index in [2.05, 4.69) is 33.9 Å². The molecule has 0 bridgehead atoms. The Bertz CT molecular complexity index is 976. The Balaban J connectivity index is 1.97. The van der Waals surface area contributed by atoms with Gasteiger partial charge in [0.2, 0.25) is 0 Å². The van der Waals surface area contributed by atoms with Crippen LogP contribution < -0.4 is 0 Å². The molecule has 1 aliphatic heterocycles. The van der Waals surface area contributed by atoms with Crippen molar-refractivity contribution < 1.29 is 0 Å². The second-order valence-electron chi connectivity index (χ2n) is 4.49. The number of benzene rings is 1. The number of rotatable bonds is 2. The molecule has 106 valence electrons. The third kappa shape index (κ3) is 1.70. The summed E-state index contributed by atoms with van der Waals surface area (Å²) in [5.74, 6) is 0. The molecule has 0 unspecified atom stereocenters. The number of thiophene rings is 1. The van der Waals surface area contributed by atoms with E-state index < -0.39 is 0 Å². The minimum Gasteiger partial charge on any atom is -0.244 e. The van der Waals surface area contributed by atoms with Gasteiger partial charge in [-0.15, -0.1) is 22.7 Å². The number of hydrogen-bond donors (Lipinski definition) is 0. The fourth-order valence-electron chi connectivity index (χ4n) is 2.46. The van der Waals surface area contributed by atoms with Gasteiger partial charge < -0.3 is 0 Å². The van der Waals surface area contributed by atoms with Crippen molar-refractivity contribution in [1.82, 2.24) is 13.7 Å². The molecule has 5 nitrogen and oxygen atoms in total. The van der Waals surface area contributed by atoms with Crippen LogP contribution in [0.3, 0.4) is 0 Å². The van der Waals surface area contributed by atoms with E-state index in [9.17, 15) is 0 Å². The largest absolute Gasteiger partial charge is 0.244 e. The van der Waals surface area contributed by atoms with Crippen LogP contribution in [0.15, 0.2) is 37.8 Å². The van der Waals surface area contributed by atoms with Crippen molar-refractivity contribution in [2.45, 2.75) is 0 Å². The zero-order valence-electron chi connectivity index (χ0n) is 10.8. The van der Waals surface area contributed by atoms with Crippen molar-refractivity contribution in [1.29, 1.82) is 0 Å². The van der Waals surface area contributed by atoms with Crippen LogP contribution in [0, 0.1) is 0 Å². The van der Waals surface area contributed by atoms with Crippen LogP contribution in [0.25, 0.3) is 32.0 Å². The van der Waals surface area contributed by atoms with Gasteiger partial charge in [0.05, 0.1) is 28.6 Å². The summed E-state index contributed by atoms with van der Waals surface area (Å²) >= 11 is 5.70. The van der Waals surface area contributed by atoms with Crippen molar-refractivity contribution in [2.24, 2.45) is 8.73 Å². The van der Waals surface area contributed by atoms with Gasteiger partial charge in [0, 0.05) is 22.0 Å². The molecule has 0 radical (unpaired) electrons. The topological polar surface area (TPSA) is 63.4 Å². The molecule has 0 aliphatic carbocycles. The second-order valence-corrected chi connectivity index (χ2v) is 7.39. The van der Waals surface area contributed by atoms with Crippen LogP contribution in [0.4, 0.5) is 11.4 Å². The Morgan fingerprint density at radius 1 is 0.864 bits per heavy atom. The van der Waals surface area contributed by atoms with Crippen LogP contribution in [-0.2, 0) is 11.4 Å².